The number of nitrogens with two attached hydrogens (primary N) is 1. The molecular weight excluding hydrogens is 260 g/mol. The lowest BCUT2D eigenvalue weighted by molar-refractivity contribution is -0.128. The number of hydrogen-bond acceptors (Lipinski definition) is 2. The third-order valence-corrected chi connectivity index (χ3v) is 4.96. The average Bonchev–Trinajstić information content (AvgIpc) is 2.41. The van der Waals surface area contributed by atoms with Gasteiger partial charge in [0.05, 0.1) is 12.0 Å². The first-order valence-electron chi connectivity index (χ1n) is 7.97. The first-order chi connectivity index (χ1) is 9.81. The maximum atomic E-state index is 12.6. The number of nitrogens with one attached hydrogen (secondary N) is 1. The normalized spacial score (nSPS) is 27.2. The van der Waals surface area contributed by atoms with E-state index in [1.807, 2.05) is 13.8 Å². The summed E-state index contributed by atoms with van der Waals surface area (Å²) in [5.74, 6) is 0.0330. The Morgan fingerprint density at radius 3 is 2.67 bits per heavy atom. The fourth-order valence-electron chi connectivity index (χ4n) is 3.22. The van der Waals surface area contributed by atoms with Gasteiger partial charge >= 0.3 is 0 Å². The van der Waals surface area contributed by atoms with E-state index in [9.17, 15) is 4.79 Å². The summed E-state index contributed by atoms with van der Waals surface area (Å²) in [4.78, 5) is 12.6. The van der Waals surface area contributed by atoms with Crippen molar-refractivity contribution in [3.63, 3.8) is 0 Å². The van der Waals surface area contributed by atoms with Gasteiger partial charge in [-0.3, -0.25) is 4.79 Å². The highest BCUT2D eigenvalue weighted by Gasteiger charge is 2.38. The molecule has 3 nitrogen and oxygen atoms in total. The molecule has 116 valence electrons. The van der Waals surface area contributed by atoms with Crippen LogP contribution in [0.2, 0.25) is 0 Å². The largest absolute Gasteiger partial charge is 0.349 e. The van der Waals surface area contributed by atoms with Gasteiger partial charge in [0.1, 0.15) is 0 Å². The number of rotatable bonds is 3. The monoisotopic (exact) mass is 288 g/mol. The molecule has 1 aromatic carbocycles. The second kappa shape index (κ2) is 6.18. The van der Waals surface area contributed by atoms with Crippen molar-refractivity contribution >= 4 is 5.91 Å². The summed E-state index contributed by atoms with van der Waals surface area (Å²) in [6, 6.07) is 6.38. The van der Waals surface area contributed by atoms with Crippen molar-refractivity contribution in [2.24, 2.45) is 11.7 Å². The summed E-state index contributed by atoms with van der Waals surface area (Å²) in [7, 11) is 0. The minimum absolute atomic E-state index is 0.0227. The summed E-state index contributed by atoms with van der Waals surface area (Å²) in [6.45, 7) is 8.26. The number of aryl methyl sites for hydroxylation is 2. The van der Waals surface area contributed by atoms with Gasteiger partial charge in [0.25, 0.3) is 0 Å². The van der Waals surface area contributed by atoms with Gasteiger partial charge in [-0.15, -0.1) is 0 Å². The molecule has 0 aliphatic heterocycles. The van der Waals surface area contributed by atoms with Crippen molar-refractivity contribution in [3.8, 4) is 0 Å². The number of hydrogen-bond donors (Lipinski definition) is 2. The lowest BCUT2D eigenvalue weighted by Gasteiger charge is -2.37. The van der Waals surface area contributed by atoms with E-state index in [1.54, 1.807) is 0 Å². The zero-order valence-electron chi connectivity index (χ0n) is 13.7. The molecule has 1 saturated carbocycles. The Kier molecular flexibility index (Phi) is 4.72. The molecule has 0 bridgehead atoms. The molecule has 0 saturated heterocycles. The first kappa shape index (κ1) is 16.0. The number of amides is 1. The van der Waals surface area contributed by atoms with Gasteiger partial charge in [0, 0.05) is 5.54 Å². The molecule has 1 aliphatic carbocycles. The minimum Gasteiger partial charge on any atom is -0.349 e. The highest BCUT2D eigenvalue weighted by Crippen LogP contribution is 2.32. The van der Waals surface area contributed by atoms with E-state index in [0.29, 0.717) is 0 Å². The molecule has 2 rings (SSSR count). The Morgan fingerprint density at radius 1 is 1.33 bits per heavy atom. The standard InChI is InChI=1S/C18H28N2O/c1-12-8-9-15(11-13(12)2)14(3)20-17(21)16-7-5-6-10-18(16,4)19/h8-9,11,14,16H,5-7,10,19H2,1-4H3,(H,20,21). The summed E-state index contributed by atoms with van der Waals surface area (Å²) < 4.78 is 0. The highest BCUT2D eigenvalue weighted by atomic mass is 16.2. The molecule has 21 heavy (non-hydrogen) atoms. The predicted molar refractivity (Wildman–Crippen MR) is 87.0 cm³/mol. The van der Waals surface area contributed by atoms with E-state index in [0.717, 1.165) is 31.2 Å². The van der Waals surface area contributed by atoms with E-state index in [4.69, 9.17) is 5.73 Å². The van der Waals surface area contributed by atoms with Crippen molar-refractivity contribution in [1.82, 2.24) is 5.32 Å². The van der Waals surface area contributed by atoms with Crippen LogP contribution in [0.3, 0.4) is 0 Å². The van der Waals surface area contributed by atoms with Gasteiger partial charge in [-0.2, -0.15) is 0 Å². The summed E-state index contributed by atoms with van der Waals surface area (Å²) in [6.07, 6.45) is 4.06. The Bertz CT molecular complexity index is 522. The van der Waals surface area contributed by atoms with Crippen LogP contribution in [0.15, 0.2) is 18.2 Å². The molecule has 1 amide bonds. The molecule has 3 heteroatoms. The van der Waals surface area contributed by atoms with E-state index in [2.05, 4.69) is 37.4 Å². The van der Waals surface area contributed by atoms with Crippen molar-refractivity contribution in [1.29, 1.82) is 0 Å². The molecule has 0 spiro atoms. The molecule has 1 aromatic rings. The Labute approximate surface area is 128 Å². The predicted octanol–water partition coefficient (Wildman–Crippen LogP) is 3.39. The van der Waals surface area contributed by atoms with Gasteiger partial charge in [-0.25, -0.2) is 0 Å². The molecule has 3 atom stereocenters. The van der Waals surface area contributed by atoms with E-state index in [-0.39, 0.29) is 23.4 Å². The van der Waals surface area contributed by atoms with Crippen molar-refractivity contribution < 1.29 is 4.79 Å². The molecular formula is C18H28N2O. The van der Waals surface area contributed by atoms with E-state index >= 15 is 0 Å². The van der Waals surface area contributed by atoms with E-state index < -0.39 is 0 Å². The third kappa shape index (κ3) is 3.65. The summed E-state index contributed by atoms with van der Waals surface area (Å²) >= 11 is 0. The lowest BCUT2D eigenvalue weighted by atomic mass is 9.74. The highest BCUT2D eigenvalue weighted by molar-refractivity contribution is 5.80. The smallest absolute Gasteiger partial charge is 0.225 e. The lowest BCUT2D eigenvalue weighted by Crippen LogP contribution is -2.53. The molecule has 0 heterocycles. The maximum absolute atomic E-state index is 12.6. The Balaban J connectivity index is 2.06. The first-order valence-corrected chi connectivity index (χ1v) is 7.97. The zero-order chi connectivity index (χ0) is 15.6. The summed E-state index contributed by atoms with van der Waals surface area (Å²) in [5.41, 5.74) is 9.64. The van der Waals surface area contributed by atoms with Gasteiger partial charge in [0.15, 0.2) is 0 Å². The van der Waals surface area contributed by atoms with Crippen LogP contribution in [0.5, 0.6) is 0 Å². The maximum Gasteiger partial charge on any atom is 0.225 e. The molecule has 1 aliphatic rings. The Morgan fingerprint density at radius 2 is 2.05 bits per heavy atom. The quantitative estimate of drug-likeness (QED) is 0.895. The second-order valence-electron chi connectivity index (χ2n) is 6.88. The van der Waals surface area contributed by atoms with Crippen LogP contribution in [-0.4, -0.2) is 11.4 Å². The molecule has 0 aromatic heterocycles. The van der Waals surface area contributed by atoms with Crippen molar-refractivity contribution in [2.75, 3.05) is 0 Å². The van der Waals surface area contributed by atoms with Gasteiger partial charge < -0.3 is 11.1 Å². The van der Waals surface area contributed by atoms with Crippen LogP contribution in [0.25, 0.3) is 0 Å². The van der Waals surface area contributed by atoms with Crippen molar-refractivity contribution in [3.05, 3.63) is 34.9 Å². The van der Waals surface area contributed by atoms with E-state index in [1.165, 1.54) is 11.1 Å². The SMILES string of the molecule is Cc1ccc(C(C)NC(=O)C2CCCCC2(C)N)cc1C. The summed E-state index contributed by atoms with van der Waals surface area (Å²) in [5, 5.41) is 3.15. The van der Waals surface area contributed by atoms with Crippen LogP contribution in [0.4, 0.5) is 0 Å². The van der Waals surface area contributed by atoms with Gasteiger partial charge in [-0.05, 0) is 57.2 Å². The fraction of sp³-hybridized carbons (Fsp3) is 0.611. The molecule has 0 radical (unpaired) electrons. The average molecular weight is 288 g/mol. The van der Waals surface area contributed by atoms with Gasteiger partial charge in [0.2, 0.25) is 5.91 Å². The number of benzene rings is 1. The topological polar surface area (TPSA) is 55.1 Å². The van der Waals surface area contributed by atoms with Crippen LogP contribution >= 0.6 is 0 Å². The Hall–Kier alpha value is -1.35. The van der Waals surface area contributed by atoms with Crippen LogP contribution in [0.1, 0.15) is 62.3 Å². The van der Waals surface area contributed by atoms with Crippen LogP contribution in [-0.2, 0) is 4.79 Å². The van der Waals surface area contributed by atoms with Crippen LogP contribution < -0.4 is 11.1 Å². The number of carbonyl (C=O) groups excluding carboxylic acids is 1. The molecule has 3 N–H and O–H groups in total. The molecule has 1 fully saturated rings. The van der Waals surface area contributed by atoms with Gasteiger partial charge in [-0.1, -0.05) is 31.0 Å². The minimum atomic E-state index is -0.370. The van der Waals surface area contributed by atoms with Crippen molar-refractivity contribution in [2.45, 2.75) is 65.0 Å². The third-order valence-electron chi connectivity index (χ3n) is 4.96. The number of carbonyl (C=O) groups is 1. The van der Waals surface area contributed by atoms with Crippen LogP contribution in [0, 0.1) is 19.8 Å². The second-order valence-corrected chi connectivity index (χ2v) is 6.88. The molecule has 3 unspecified atom stereocenters. The zero-order valence-corrected chi connectivity index (χ0v) is 13.7. The fourth-order valence-corrected chi connectivity index (χ4v) is 3.22.